The molecule has 2 N–H and O–H groups in total. The molecule has 6 heterocycles. The van der Waals surface area contributed by atoms with E-state index in [2.05, 4.69) is 30.6 Å². The summed E-state index contributed by atoms with van der Waals surface area (Å²) in [6.07, 6.45) is 5.20. The molecule has 1 spiro atoms. The first-order valence-corrected chi connectivity index (χ1v) is 20.6. The molecule has 4 saturated heterocycles. The predicted molar refractivity (Wildman–Crippen MR) is 211 cm³/mol. The second kappa shape index (κ2) is 15.5. The SMILES string of the molecule is N#Cc1ccc(OC2CCC(NC(=O)c3ccc(N4CCC(CN5CC6(C5)CN(c5cc7c(cc5F)C(=O)N(C5CCC(=O)NC5=O)C7=O)C6)CC4)nn3)CC2)cc1Cl. The number of anilines is 2. The summed E-state index contributed by atoms with van der Waals surface area (Å²) in [7, 11) is 0. The van der Waals surface area contributed by atoms with Gasteiger partial charge in [-0.2, -0.15) is 5.26 Å². The van der Waals surface area contributed by atoms with Crippen molar-refractivity contribution in [1.29, 1.82) is 5.26 Å². The summed E-state index contributed by atoms with van der Waals surface area (Å²) >= 11 is 6.14. The van der Waals surface area contributed by atoms with Crippen molar-refractivity contribution in [1.82, 2.24) is 30.6 Å². The van der Waals surface area contributed by atoms with E-state index in [-0.39, 0.29) is 58.8 Å². The molecule has 3 aromatic rings. The number of imide groups is 2. The largest absolute Gasteiger partial charge is 0.490 e. The molecule has 0 radical (unpaired) electrons. The van der Waals surface area contributed by atoms with Crippen LogP contribution in [0.2, 0.25) is 5.02 Å². The van der Waals surface area contributed by atoms with Crippen LogP contribution >= 0.6 is 11.6 Å². The fourth-order valence-corrected chi connectivity index (χ4v) is 9.86. The zero-order valence-corrected chi connectivity index (χ0v) is 33.0. The van der Waals surface area contributed by atoms with Gasteiger partial charge in [-0.05, 0) is 87.3 Å². The Morgan fingerprint density at radius 2 is 1.64 bits per heavy atom. The maximum atomic E-state index is 15.4. The highest BCUT2D eigenvalue weighted by Gasteiger charge is 2.53. The summed E-state index contributed by atoms with van der Waals surface area (Å²) in [4.78, 5) is 70.8. The van der Waals surface area contributed by atoms with Gasteiger partial charge in [0.25, 0.3) is 17.7 Å². The lowest BCUT2D eigenvalue weighted by Crippen LogP contribution is -2.72. The third kappa shape index (κ3) is 7.57. The molecule has 59 heavy (non-hydrogen) atoms. The first-order valence-electron chi connectivity index (χ1n) is 20.2. The van der Waals surface area contributed by atoms with E-state index >= 15 is 4.39 Å². The van der Waals surface area contributed by atoms with Gasteiger partial charge in [-0.1, -0.05) is 11.6 Å². The smallest absolute Gasteiger partial charge is 0.272 e. The molecular weight excluding hydrogens is 781 g/mol. The van der Waals surface area contributed by atoms with Crippen LogP contribution < -0.4 is 25.2 Å². The number of likely N-dealkylation sites (tertiary alicyclic amines) is 1. The minimum Gasteiger partial charge on any atom is -0.490 e. The van der Waals surface area contributed by atoms with Crippen LogP contribution in [0.3, 0.4) is 0 Å². The molecule has 1 atom stereocenters. The van der Waals surface area contributed by atoms with Gasteiger partial charge in [-0.25, -0.2) is 4.39 Å². The highest BCUT2D eigenvalue weighted by atomic mass is 35.5. The predicted octanol–water partition coefficient (Wildman–Crippen LogP) is 3.70. The number of hydrogen-bond donors (Lipinski definition) is 2. The Bertz CT molecular complexity index is 2260. The third-order valence-electron chi connectivity index (χ3n) is 12.7. The van der Waals surface area contributed by atoms with E-state index < -0.39 is 35.5 Å². The van der Waals surface area contributed by atoms with E-state index in [0.29, 0.717) is 35.3 Å². The summed E-state index contributed by atoms with van der Waals surface area (Å²) in [6.45, 7) is 5.80. The molecule has 1 unspecified atom stereocenters. The van der Waals surface area contributed by atoms with Crippen LogP contribution in [0, 0.1) is 28.5 Å². The Morgan fingerprint density at radius 3 is 2.31 bits per heavy atom. The fraction of sp³-hybridized carbons (Fsp3) is 0.476. The van der Waals surface area contributed by atoms with Gasteiger partial charge in [0.2, 0.25) is 11.8 Å². The van der Waals surface area contributed by atoms with Crippen LogP contribution in [0.4, 0.5) is 15.9 Å². The number of carbonyl (C=O) groups excluding carboxylic acids is 5. The minimum atomic E-state index is -1.10. The molecule has 1 saturated carbocycles. The van der Waals surface area contributed by atoms with Crippen LogP contribution in [0.1, 0.15) is 88.1 Å². The number of halogens is 2. The maximum absolute atomic E-state index is 15.4. The Kier molecular flexibility index (Phi) is 10.2. The number of amides is 5. The molecule has 15 nitrogen and oxygen atoms in total. The molecule has 306 valence electrons. The molecule has 5 amide bonds. The molecule has 9 rings (SSSR count). The van der Waals surface area contributed by atoms with Gasteiger partial charge in [-0.15, -0.1) is 10.2 Å². The number of nitrogens with zero attached hydrogens (tertiary/aromatic N) is 7. The molecule has 1 aromatic heterocycles. The number of rotatable bonds is 9. The lowest BCUT2D eigenvalue weighted by Gasteiger charge is -2.61. The van der Waals surface area contributed by atoms with Crippen LogP contribution in [0.5, 0.6) is 5.75 Å². The molecule has 2 aromatic carbocycles. The summed E-state index contributed by atoms with van der Waals surface area (Å²) in [5.41, 5.74) is 1.05. The number of ether oxygens (including phenoxy) is 1. The van der Waals surface area contributed by atoms with Crippen LogP contribution in [0.25, 0.3) is 0 Å². The second-order valence-electron chi connectivity index (χ2n) is 16.8. The molecule has 5 fully saturated rings. The van der Waals surface area contributed by atoms with E-state index in [1.165, 1.54) is 6.07 Å². The minimum absolute atomic E-state index is 0.0104. The monoisotopic (exact) mass is 823 g/mol. The average molecular weight is 824 g/mol. The third-order valence-corrected chi connectivity index (χ3v) is 13.0. The topological polar surface area (TPSA) is 181 Å². The standard InChI is InChI=1S/C42H43ClFN9O6/c43-31-15-28(4-1-25(31)18-45)59-27-5-2-26(3-6-27)46-38(55)33-7-9-36(49-48-33)51-13-11-24(12-14-51)19-50-20-42(21-50)22-52(23-42)35-17-30-29(16-32(35)44)40(57)53(41(30)58)34-8-10-37(54)47-39(34)56/h1,4,7,9,15-17,24,26-27,34H,2-3,5-6,8,10-14,19-23H2,(H,46,55)(H,47,54,56). The van der Waals surface area contributed by atoms with E-state index in [9.17, 15) is 24.0 Å². The van der Waals surface area contributed by atoms with Crippen molar-refractivity contribution in [2.75, 3.05) is 55.6 Å². The van der Waals surface area contributed by atoms with Crippen molar-refractivity contribution in [3.63, 3.8) is 0 Å². The Hall–Kier alpha value is -5.66. The van der Waals surface area contributed by atoms with Crippen LogP contribution in [-0.4, -0.2) is 114 Å². The van der Waals surface area contributed by atoms with Gasteiger partial charge in [0.05, 0.1) is 33.5 Å². The number of piperidine rings is 2. The number of nitrogens with one attached hydrogen (secondary N) is 2. The van der Waals surface area contributed by atoms with Gasteiger partial charge in [0, 0.05) is 69.8 Å². The normalized spacial score (nSPS) is 24.3. The highest BCUT2D eigenvalue weighted by molar-refractivity contribution is 6.31. The maximum Gasteiger partial charge on any atom is 0.272 e. The summed E-state index contributed by atoms with van der Waals surface area (Å²) in [5.74, 6) is -1.41. The zero-order chi connectivity index (χ0) is 41.0. The van der Waals surface area contributed by atoms with Crippen molar-refractivity contribution in [3.8, 4) is 11.8 Å². The molecule has 6 aliphatic rings. The number of fused-ring (bicyclic) bond motifs is 1. The van der Waals surface area contributed by atoms with Gasteiger partial charge < -0.3 is 24.8 Å². The van der Waals surface area contributed by atoms with Crippen LogP contribution in [-0.2, 0) is 9.59 Å². The lowest BCUT2D eigenvalue weighted by molar-refractivity contribution is -0.136. The van der Waals surface area contributed by atoms with E-state index in [1.54, 1.807) is 24.3 Å². The molecule has 0 bridgehead atoms. The first kappa shape index (κ1) is 38.8. The number of nitriles is 1. The van der Waals surface area contributed by atoms with Gasteiger partial charge >= 0.3 is 0 Å². The Labute approximate surface area is 344 Å². The zero-order valence-electron chi connectivity index (χ0n) is 32.3. The van der Waals surface area contributed by atoms with Crippen molar-refractivity contribution in [2.24, 2.45) is 11.3 Å². The highest BCUT2D eigenvalue weighted by Crippen LogP contribution is 2.44. The molecule has 1 aliphatic carbocycles. The Morgan fingerprint density at radius 1 is 0.915 bits per heavy atom. The van der Waals surface area contributed by atoms with Crippen molar-refractivity contribution in [3.05, 3.63) is 75.7 Å². The first-order chi connectivity index (χ1) is 28.5. The van der Waals surface area contributed by atoms with Crippen molar-refractivity contribution < 1.29 is 33.1 Å². The number of carbonyl (C=O) groups is 5. The lowest BCUT2D eigenvalue weighted by atomic mass is 9.72. The molecule has 17 heteroatoms. The van der Waals surface area contributed by atoms with E-state index in [1.807, 2.05) is 17.0 Å². The summed E-state index contributed by atoms with van der Waals surface area (Å²) in [6, 6.07) is 12.2. The number of aromatic nitrogens is 2. The van der Waals surface area contributed by atoms with Crippen molar-refractivity contribution >= 4 is 52.6 Å². The molecule has 5 aliphatic heterocycles. The van der Waals surface area contributed by atoms with Gasteiger partial charge in [0.15, 0.2) is 11.5 Å². The second-order valence-corrected chi connectivity index (χ2v) is 17.3. The van der Waals surface area contributed by atoms with E-state index in [0.717, 1.165) is 88.0 Å². The summed E-state index contributed by atoms with van der Waals surface area (Å²) < 4.78 is 21.4. The fourth-order valence-electron chi connectivity index (χ4n) is 9.65. The molecular formula is C42H43ClFN9O6. The van der Waals surface area contributed by atoms with Crippen LogP contribution in [0.15, 0.2) is 42.5 Å². The van der Waals surface area contributed by atoms with Gasteiger partial charge in [-0.3, -0.25) is 34.2 Å². The Balaban J connectivity index is 0.694. The number of benzene rings is 2. The van der Waals surface area contributed by atoms with Crippen molar-refractivity contribution in [2.45, 2.75) is 69.6 Å². The van der Waals surface area contributed by atoms with E-state index in [4.69, 9.17) is 21.6 Å². The number of hydrogen-bond acceptors (Lipinski definition) is 12. The van der Waals surface area contributed by atoms with Gasteiger partial charge in [0.1, 0.15) is 23.7 Å². The quantitative estimate of drug-likeness (QED) is 0.299. The average Bonchev–Trinajstić information content (AvgIpc) is 3.43. The summed E-state index contributed by atoms with van der Waals surface area (Å²) in [5, 5.41) is 23.4.